The van der Waals surface area contributed by atoms with Gasteiger partial charge in [-0.05, 0) is 57.8 Å². The summed E-state index contributed by atoms with van der Waals surface area (Å²) < 4.78 is 11.8. The molecule has 1 unspecified atom stereocenters. The molecule has 2 saturated carbocycles. The van der Waals surface area contributed by atoms with Crippen molar-refractivity contribution in [2.24, 2.45) is 28.7 Å². The van der Waals surface area contributed by atoms with Crippen LogP contribution in [-0.4, -0.2) is 31.1 Å². The standard InChI is InChI=1S/C23H36N2O3/c1-2-3-4-5-18-15-25-22(27-16-18)19-8-10-20(11-9-19)23(26)28-21-12-6-17(14-24)7-13-21/h17-21H,2-13,15-16H2,1H3. The van der Waals surface area contributed by atoms with E-state index >= 15 is 0 Å². The summed E-state index contributed by atoms with van der Waals surface area (Å²) in [5.41, 5.74) is 0. The molecule has 0 bridgehead atoms. The van der Waals surface area contributed by atoms with Crippen LogP contribution < -0.4 is 0 Å². The molecule has 2 fully saturated rings. The molecule has 1 heterocycles. The molecule has 0 aromatic rings. The third kappa shape index (κ3) is 5.96. The molecule has 1 aliphatic heterocycles. The van der Waals surface area contributed by atoms with Crippen molar-refractivity contribution in [3.05, 3.63) is 0 Å². The summed E-state index contributed by atoms with van der Waals surface area (Å²) in [4.78, 5) is 17.3. The van der Waals surface area contributed by atoms with Gasteiger partial charge in [0.1, 0.15) is 6.10 Å². The van der Waals surface area contributed by atoms with Gasteiger partial charge in [-0.3, -0.25) is 9.79 Å². The molecule has 0 radical (unpaired) electrons. The largest absolute Gasteiger partial charge is 0.480 e. The summed E-state index contributed by atoms with van der Waals surface area (Å²) in [7, 11) is 0. The molecule has 0 N–H and O–H groups in total. The molecular weight excluding hydrogens is 352 g/mol. The first kappa shape index (κ1) is 21.1. The zero-order valence-corrected chi connectivity index (χ0v) is 17.4. The van der Waals surface area contributed by atoms with Gasteiger partial charge < -0.3 is 9.47 Å². The smallest absolute Gasteiger partial charge is 0.309 e. The number of aliphatic imine (C=N–C) groups is 1. The Labute approximate surface area is 169 Å². The summed E-state index contributed by atoms with van der Waals surface area (Å²) in [6.07, 6.45) is 12.2. The van der Waals surface area contributed by atoms with E-state index < -0.39 is 0 Å². The number of esters is 1. The van der Waals surface area contributed by atoms with Crippen LogP contribution in [0.25, 0.3) is 0 Å². The minimum Gasteiger partial charge on any atom is -0.480 e. The van der Waals surface area contributed by atoms with Gasteiger partial charge in [-0.25, -0.2) is 0 Å². The fourth-order valence-electron chi connectivity index (χ4n) is 4.77. The van der Waals surface area contributed by atoms with Gasteiger partial charge >= 0.3 is 5.97 Å². The number of rotatable bonds is 7. The second kappa shape index (κ2) is 10.8. The van der Waals surface area contributed by atoms with Crippen molar-refractivity contribution in [1.82, 2.24) is 0 Å². The highest BCUT2D eigenvalue weighted by molar-refractivity contribution is 5.80. The van der Waals surface area contributed by atoms with Crippen LogP contribution in [-0.2, 0) is 14.3 Å². The van der Waals surface area contributed by atoms with Crippen LogP contribution >= 0.6 is 0 Å². The summed E-state index contributed by atoms with van der Waals surface area (Å²) in [6.45, 7) is 3.96. The van der Waals surface area contributed by atoms with Crippen LogP contribution in [0.4, 0.5) is 0 Å². The number of nitrogens with zero attached hydrogens (tertiary/aromatic N) is 2. The van der Waals surface area contributed by atoms with Crippen molar-refractivity contribution in [1.29, 1.82) is 5.26 Å². The lowest BCUT2D eigenvalue weighted by atomic mass is 9.81. The molecule has 0 spiro atoms. The van der Waals surface area contributed by atoms with E-state index in [9.17, 15) is 4.79 Å². The number of hydrogen-bond donors (Lipinski definition) is 0. The molecular formula is C23H36N2O3. The summed E-state index contributed by atoms with van der Waals surface area (Å²) in [5, 5.41) is 8.98. The fraction of sp³-hybridized carbons (Fsp3) is 0.870. The maximum atomic E-state index is 12.5. The second-order valence-corrected chi connectivity index (χ2v) is 8.94. The van der Waals surface area contributed by atoms with Crippen LogP contribution in [0.1, 0.15) is 84.0 Å². The minimum atomic E-state index is -0.0265. The molecule has 0 amide bonds. The van der Waals surface area contributed by atoms with Crippen LogP contribution in [0.5, 0.6) is 0 Å². The topological polar surface area (TPSA) is 71.7 Å². The number of ether oxygens (including phenoxy) is 2. The van der Waals surface area contributed by atoms with Crippen molar-refractivity contribution >= 4 is 11.9 Å². The Morgan fingerprint density at radius 1 is 1.14 bits per heavy atom. The van der Waals surface area contributed by atoms with Crippen molar-refractivity contribution in [2.45, 2.75) is 90.1 Å². The number of carbonyl (C=O) groups is 1. The maximum absolute atomic E-state index is 12.5. The Kier molecular flexibility index (Phi) is 8.18. The Hall–Kier alpha value is -1.57. The Morgan fingerprint density at radius 2 is 1.89 bits per heavy atom. The summed E-state index contributed by atoms with van der Waals surface area (Å²) in [5.74, 6) is 2.04. The first-order chi connectivity index (χ1) is 13.7. The second-order valence-electron chi connectivity index (χ2n) is 8.94. The van der Waals surface area contributed by atoms with Gasteiger partial charge in [0.15, 0.2) is 5.90 Å². The third-order valence-corrected chi connectivity index (χ3v) is 6.74. The predicted octanol–water partition coefficient (Wildman–Crippen LogP) is 5.04. The van der Waals surface area contributed by atoms with Crippen LogP contribution in [0, 0.1) is 35.0 Å². The number of hydrogen-bond acceptors (Lipinski definition) is 5. The Bertz CT molecular complexity index is 567. The van der Waals surface area contributed by atoms with Gasteiger partial charge in [-0.15, -0.1) is 0 Å². The highest BCUT2D eigenvalue weighted by Crippen LogP contribution is 2.33. The van der Waals surface area contributed by atoms with Gasteiger partial charge in [-0.2, -0.15) is 5.26 Å². The molecule has 0 aromatic heterocycles. The predicted molar refractivity (Wildman–Crippen MR) is 109 cm³/mol. The van der Waals surface area contributed by atoms with E-state index in [0.717, 1.165) is 70.4 Å². The van der Waals surface area contributed by atoms with Gasteiger partial charge in [0, 0.05) is 24.3 Å². The highest BCUT2D eigenvalue weighted by atomic mass is 16.5. The molecule has 0 aromatic carbocycles. The van der Waals surface area contributed by atoms with Gasteiger partial charge in [0.25, 0.3) is 0 Å². The van der Waals surface area contributed by atoms with E-state index in [1.165, 1.54) is 25.7 Å². The highest BCUT2D eigenvalue weighted by Gasteiger charge is 2.33. The lowest BCUT2D eigenvalue weighted by molar-refractivity contribution is -0.157. The number of nitriles is 1. The monoisotopic (exact) mass is 388 g/mol. The van der Waals surface area contributed by atoms with E-state index in [0.29, 0.717) is 11.8 Å². The van der Waals surface area contributed by atoms with Gasteiger partial charge in [-0.1, -0.05) is 26.2 Å². The van der Waals surface area contributed by atoms with Gasteiger partial charge in [0.05, 0.1) is 18.6 Å². The molecule has 28 heavy (non-hydrogen) atoms. The van der Waals surface area contributed by atoms with E-state index in [1.54, 1.807) is 0 Å². The van der Waals surface area contributed by atoms with Gasteiger partial charge in [0.2, 0.25) is 0 Å². The lowest BCUT2D eigenvalue weighted by Crippen LogP contribution is -2.34. The fourth-order valence-corrected chi connectivity index (χ4v) is 4.77. The first-order valence-electron chi connectivity index (χ1n) is 11.5. The van der Waals surface area contributed by atoms with Crippen molar-refractivity contribution in [3.63, 3.8) is 0 Å². The normalized spacial score (nSPS) is 33.3. The molecule has 2 aliphatic carbocycles. The van der Waals surface area contributed by atoms with E-state index in [-0.39, 0.29) is 23.9 Å². The third-order valence-electron chi connectivity index (χ3n) is 6.74. The zero-order valence-electron chi connectivity index (χ0n) is 17.4. The summed E-state index contributed by atoms with van der Waals surface area (Å²) in [6, 6.07) is 2.33. The molecule has 3 aliphatic rings. The molecule has 1 atom stereocenters. The molecule has 156 valence electrons. The van der Waals surface area contributed by atoms with Crippen LogP contribution in [0.2, 0.25) is 0 Å². The van der Waals surface area contributed by atoms with Crippen LogP contribution in [0.15, 0.2) is 4.99 Å². The SMILES string of the molecule is CCCCCC1CN=C(C2CCC(C(=O)OC3CCC(C#N)CC3)CC2)OC1. The minimum absolute atomic E-state index is 0.0190. The van der Waals surface area contributed by atoms with Crippen LogP contribution in [0.3, 0.4) is 0 Å². The lowest BCUT2D eigenvalue weighted by Gasteiger charge is -2.32. The Balaban J connectivity index is 1.36. The molecule has 5 heteroatoms. The average Bonchev–Trinajstić information content (AvgIpc) is 2.75. The number of carbonyl (C=O) groups excluding carboxylic acids is 1. The molecule has 3 rings (SSSR count). The zero-order chi connectivity index (χ0) is 19.8. The molecule has 0 saturated heterocycles. The van der Waals surface area contributed by atoms with E-state index in [2.05, 4.69) is 13.0 Å². The average molecular weight is 389 g/mol. The van der Waals surface area contributed by atoms with E-state index in [4.69, 9.17) is 19.7 Å². The maximum Gasteiger partial charge on any atom is 0.309 e. The molecule has 5 nitrogen and oxygen atoms in total. The number of unbranched alkanes of at least 4 members (excludes halogenated alkanes) is 2. The summed E-state index contributed by atoms with van der Waals surface area (Å²) >= 11 is 0. The Morgan fingerprint density at radius 3 is 2.50 bits per heavy atom. The van der Waals surface area contributed by atoms with Crippen molar-refractivity contribution in [3.8, 4) is 6.07 Å². The first-order valence-corrected chi connectivity index (χ1v) is 11.5. The van der Waals surface area contributed by atoms with Crippen molar-refractivity contribution < 1.29 is 14.3 Å². The van der Waals surface area contributed by atoms with Crippen molar-refractivity contribution in [2.75, 3.05) is 13.2 Å². The van der Waals surface area contributed by atoms with E-state index in [1.807, 2.05) is 0 Å². The quantitative estimate of drug-likeness (QED) is 0.452.